The van der Waals surface area contributed by atoms with Crippen molar-refractivity contribution >= 4 is 43.0 Å². The average Bonchev–Trinajstić information content (AvgIpc) is 2.93. The zero-order valence-corrected chi connectivity index (χ0v) is 14.8. The summed E-state index contributed by atoms with van der Waals surface area (Å²) in [5.74, 6) is 0.201. The molecule has 0 aliphatic carbocycles. The predicted molar refractivity (Wildman–Crippen MR) is 94.8 cm³/mol. The summed E-state index contributed by atoms with van der Waals surface area (Å²) in [5, 5.41) is 12.1. The largest absolute Gasteiger partial charge is 0.497 e. The van der Waals surface area contributed by atoms with E-state index in [4.69, 9.17) is 4.74 Å². The van der Waals surface area contributed by atoms with E-state index in [1.54, 1.807) is 18.2 Å². The van der Waals surface area contributed by atoms with Gasteiger partial charge in [0.2, 0.25) is 0 Å². The van der Waals surface area contributed by atoms with Gasteiger partial charge >= 0.3 is 0 Å². The first kappa shape index (κ1) is 17.1. The molecule has 0 aliphatic heterocycles. The van der Waals surface area contributed by atoms with Crippen LogP contribution in [0.2, 0.25) is 0 Å². The fourth-order valence-corrected chi connectivity index (χ4v) is 4.38. The van der Waals surface area contributed by atoms with Crippen molar-refractivity contribution in [1.82, 2.24) is 4.98 Å². The quantitative estimate of drug-likeness (QED) is 0.538. The third-order valence-corrected chi connectivity index (χ3v) is 5.76. The van der Waals surface area contributed by atoms with Gasteiger partial charge in [-0.15, -0.1) is 11.3 Å². The highest BCUT2D eigenvalue weighted by Crippen LogP contribution is 2.31. The fourth-order valence-electron chi connectivity index (χ4n) is 2.31. The van der Waals surface area contributed by atoms with Gasteiger partial charge in [0.25, 0.3) is 15.7 Å². The van der Waals surface area contributed by atoms with Crippen LogP contribution in [0.25, 0.3) is 10.2 Å². The minimum absolute atomic E-state index is 0.201. The van der Waals surface area contributed by atoms with Crippen molar-refractivity contribution in [3.05, 3.63) is 51.5 Å². The molecule has 0 unspecified atom stereocenters. The SMILES string of the molecule is COc1ccc(S(=O)(=O)Nc2ccc3nc(C)sc3c2)c([N+](=O)[O-])c1. The Balaban J connectivity index is 2.02. The fraction of sp³-hybridized carbons (Fsp3) is 0.133. The van der Waals surface area contributed by atoms with Crippen molar-refractivity contribution in [3.8, 4) is 5.75 Å². The highest BCUT2D eigenvalue weighted by atomic mass is 32.2. The Morgan fingerprint density at radius 2 is 2.00 bits per heavy atom. The van der Waals surface area contributed by atoms with Gasteiger partial charge in [-0.2, -0.15) is 0 Å². The number of hydrogen-bond donors (Lipinski definition) is 1. The molecule has 1 heterocycles. The molecule has 10 heteroatoms. The maximum Gasteiger partial charge on any atom is 0.293 e. The number of aromatic nitrogens is 1. The molecule has 0 spiro atoms. The molecule has 0 radical (unpaired) electrons. The van der Waals surface area contributed by atoms with Gasteiger partial charge in [-0.1, -0.05) is 0 Å². The Morgan fingerprint density at radius 3 is 2.68 bits per heavy atom. The summed E-state index contributed by atoms with van der Waals surface area (Å²) in [6, 6.07) is 8.48. The molecule has 130 valence electrons. The number of nitrogens with zero attached hydrogens (tertiary/aromatic N) is 2. The number of nitro benzene ring substituents is 1. The lowest BCUT2D eigenvalue weighted by molar-refractivity contribution is -0.387. The zero-order chi connectivity index (χ0) is 18.2. The van der Waals surface area contributed by atoms with E-state index in [0.717, 1.165) is 27.4 Å². The van der Waals surface area contributed by atoms with Crippen molar-refractivity contribution in [1.29, 1.82) is 0 Å². The van der Waals surface area contributed by atoms with E-state index in [2.05, 4.69) is 9.71 Å². The minimum Gasteiger partial charge on any atom is -0.497 e. The van der Waals surface area contributed by atoms with Gasteiger partial charge in [-0.25, -0.2) is 13.4 Å². The Kier molecular flexibility index (Phi) is 4.31. The number of fused-ring (bicyclic) bond motifs is 1. The van der Waals surface area contributed by atoms with Gasteiger partial charge < -0.3 is 4.74 Å². The Morgan fingerprint density at radius 1 is 1.24 bits per heavy atom. The molecule has 0 aliphatic rings. The van der Waals surface area contributed by atoms with E-state index >= 15 is 0 Å². The van der Waals surface area contributed by atoms with E-state index in [0.29, 0.717) is 5.69 Å². The van der Waals surface area contributed by atoms with Crippen molar-refractivity contribution in [2.45, 2.75) is 11.8 Å². The zero-order valence-electron chi connectivity index (χ0n) is 13.2. The number of hydrogen-bond acceptors (Lipinski definition) is 7. The van der Waals surface area contributed by atoms with Crippen LogP contribution in [0.1, 0.15) is 5.01 Å². The van der Waals surface area contributed by atoms with Crippen molar-refractivity contribution in [2.24, 2.45) is 0 Å². The molecule has 1 N–H and O–H groups in total. The van der Waals surface area contributed by atoms with Crippen LogP contribution in [0.3, 0.4) is 0 Å². The molecule has 0 amide bonds. The molecule has 25 heavy (non-hydrogen) atoms. The minimum atomic E-state index is -4.14. The lowest BCUT2D eigenvalue weighted by Gasteiger charge is -2.09. The second-order valence-electron chi connectivity index (χ2n) is 5.11. The Labute approximate surface area is 147 Å². The number of anilines is 1. The molecular formula is C15H13N3O5S2. The summed E-state index contributed by atoms with van der Waals surface area (Å²) in [4.78, 5) is 14.3. The van der Waals surface area contributed by atoms with Crippen LogP contribution in [-0.2, 0) is 10.0 Å². The van der Waals surface area contributed by atoms with E-state index in [9.17, 15) is 18.5 Å². The number of benzene rings is 2. The third kappa shape index (κ3) is 3.39. The molecule has 1 aromatic heterocycles. The van der Waals surface area contributed by atoms with Gasteiger partial charge in [-0.05, 0) is 37.3 Å². The van der Waals surface area contributed by atoms with Gasteiger partial charge in [-0.3, -0.25) is 14.8 Å². The lowest BCUT2D eigenvalue weighted by atomic mass is 10.3. The smallest absolute Gasteiger partial charge is 0.293 e. The van der Waals surface area contributed by atoms with Gasteiger partial charge in [0.05, 0.1) is 39.0 Å². The normalized spacial score (nSPS) is 11.4. The predicted octanol–water partition coefficient (Wildman–Crippen LogP) is 3.32. The molecule has 0 saturated carbocycles. The van der Waals surface area contributed by atoms with Crippen LogP contribution in [0.5, 0.6) is 5.75 Å². The number of methoxy groups -OCH3 is 1. The maximum atomic E-state index is 12.6. The molecule has 0 fully saturated rings. The van der Waals surface area contributed by atoms with Crippen molar-refractivity contribution in [2.75, 3.05) is 11.8 Å². The van der Waals surface area contributed by atoms with E-state index in [1.807, 2.05) is 6.92 Å². The van der Waals surface area contributed by atoms with Crippen LogP contribution in [0.4, 0.5) is 11.4 Å². The number of ether oxygens (including phenoxy) is 1. The van der Waals surface area contributed by atoms with E-state index in [1.165, 1.54) is 24.5 Å². The van der Waals surface area contributed by atoms with Crippen LogP contribution in [0, 0.1) is 17.0 Å². The van der Waals surface area contributed by atoms with E-state index in [-0.39, 0.29) is 5.75 Å². The molecule has 2 aromatic carbocycles. The summed E-state index contributed by atoms with van der Waals surface area (Å²) in [6.45, 7) is 1.86. The summed E-state index contributed by atoms with van der Waals surface area (Å²) < 4.78 is 33.3. The van der Waals surface area contributed by atoms with Gasteiger partial charge in [0.1, 0.15) is 5.75 Å². The first-order valence-electron chi connectivity index (χ1n) is 7.02. The number of nitro groups is 1. The van der Waals surface area contributed by atoms with Crippen LogP contribution in [-0.4, -0.2) is 25.4 Å². The van der Waals surface area contributed by atoms with Crippen LogP contribution < -0.4 is 9.46 Å². The van der Waals surface area contributed by atoms with E-state index < -0.39 is 25.5 Å². The summed E-state index contributed by atoms with van der Waals surface area (Å²) >= 11 is 1.43. The lowest BCUT2D eigenvalue weighted by Crippen LogP contribution is -2.14. The summed E-state index contributed by atoms with van der Waals surface area (Å²) in [7, 11) is -2.79. The van der Waals surface area contributed by atoms with Gasteiger partial charge in [0, 0.05) is 0 Å². The standard InChI is InChI=1S/C15H13N3O5S2/c1-9-16-12-5-3-10(7-14(12)24-9)17-25(21,22)15-6-4-11(23-2)8-13(15)18(19)20/h3-8,17H,1-2H3. The first-order chi connectivity index (χ1) is 11.8. The average molecular weight is 379 g/mol. The topological polar surface area (TPSA) is 111 Å². The van der Waals surface area contributed by atoms with Crippen LogP contribution >= 0.6 is 11.3 Å². The number of thiazole rings is 1. The molecule has 8 nitrogen and oxygen atoms in total. The molecule has 0 atom stereocenters. The third-order valence-electron chi connectivity index (χ3n) is 3.40. The molecule has 3 rings (SSSR count). The molecule has 0 saturated heterocycles. The maximum absolute atomic E-state index is 12.6. The van der Waals surface area contributed by atoms with Gasteiger partial charge in [0.15, 0.2) is 4.90 Å². The molecular weight excluding hydrogens is 366 g/mol. The second-order valence-corrected chi connectivity index (χ2v) is 8.00. The monoisotopic (exact) mass is 379 g/mol. The highest BCUT2D eigenvalue weighted by Gasteiger charge is 2.26. The summed E-state index contributed by atoms with van der Waals surface area (Å²) in [5.41, 5.74) is 0.517. The number of sulfonamides is 1. The number of nitrogens with one attached hydrogen (secondary N) is 1. The van der Waals surface area contributed by atoms with Crippen molar-refractivity contribution < 1.29 is 18.1 Å². The highest BCUT2D eigenvalue weighted by molar-refractivity contribution is 7.92. The molecule has 3 aromatic rings. The molecule has 0 bridgehead atoms. The Bertz CT molecular complexity index is 1080. The number of rotatable bonds is 5. The van der Waals surface area contributed by atoms with Crippen molar-refractivity contribution in [3.63, 3.8) is 0 Å². The number of aryl methyl sites for hydroxylation is 1. The Hall–Kier alpha value is -2.72. The first-order valence-corrected chi connectivity index (χ1v) is 9.32. The van der Waals surface area contributed by atoms with Crippen LogP contribution in [0.15, 0.2) is 41.3 Å². The summed E-state index contributed by atoms with van der Waals surface area (Å²) in [6.07, 6.45) is 0. The second kappa shape index (κ2) is 6.30.